The molecule has 3 atom stereocenters. The van der Waals surface area contributed by atoms with Crippen LogP contribution in [0, 0.1) is 19.8 Å². The number of fused-ring (bicyclic) bond motifs is 2. The summed E-state index contributed by atoms with van der Waals surface area (Å²) < 4.78 is 1.46. The Bertz CT molecular complexity index is 1790. The Balaban J connectivity index is 1.42. The number of imide groups is 1. The van der Waals surface area contributed by atoms with E-state index in [1.54, 1.807) is 12.1 Å². The van der Waals surface area contributed by atoms with Crippen molar-refractivity contribution in [2.45, 2.75) is 50.4 Å². The van der Waals surface area contributed by atoms with Crippen molar-refractivity contribution >= 4 is 57.9 Å². The SMILES string of the molecule is CCN(CC)c1ccc([C@@H]2c3sc(=O)n(CC(=O)Nc4ccccc4C)c3S[C@H]3C(=O)N(c4ccc(C)cc4)C(=O)[C@@H]23)cc1. The predicted molar refractivity (Wildman–Crippen MR) is 177 cm³/mol. The number of carbonyl (C=O) groups excluding carboxylic acids is 3. The minimum atomic E-state index is -0.733. The van der Waals surface area contributed by atoms with Crippen LogP contribution in [-0.4, -0.2) is 40.6 Å². The number of carbonyl (C=O) groups is 3. The molecule has 226 valence electrons. The smallest absolute Gasteiger partial charge is 0.308 e. The molecule has 8 nitrogen and oxygen atoms in total. The summed E-state index contributed by atoms with van der Waals surface area (Å²) in [6.07, 6.45) is 0. The molecule has 2 aliphatic heterocycles. The predicted octanol–water partition coefficient (Wildman–Crippen LogP) is 5.81. The van der Waals surface area contributed by atoms with Gasteiger partial charge in [0.1, 0.15) is 11.8 Å². The second-order valence-electron chi connectivity index (χ2n) is 11.1. The fourth-order valence-corrected chi connectivity index (χ4v) is 8.86. The van der Waals surface area contributed by atoms with Crippen LogP contribution in [0.15, 0.2) is 82.6 Å². The molecule has 0 unspecified atom stereocenters. The molecule has 1 saturated heterocycles. The molecule has 4 aromatic rings. The third-order valence-electron chi connectivity index (χ3n) is 8.44. The molecule has 0 aliphatic carbocycles. The Labute approximate surface area is 264 Å². The van der Waals surface area contributed by atoms with E-state index in [9.17, 15) is 19.2 Å². The number of aromatic nitrogens is 1. The van der Waals surface area contributed by atoms with E-state index in [0.29, 0.717) is 21.3 Å². The monoisotopic (exact) mass is 626 g/mol. The molecule has 44 heavy (non-hydrogen) atoms. The average Bonchev–Trinajstić information content (AvgIpc) is 3.46. The summed E-state index contributed by atoms with van der Waals surface area (Å²) in [5, 5.41) is 2.75. The molecule has 0 saturated carbocycles. The van der Waals surface area contributed by atoms with Crippen LogP contribution in [0.4, 0.5) is 17.1 Å². The molecule has 1 N–H and O–H groups in total. The molecule has 3 aromatic carbocycles. The molecule has 1 fully saturated rings. The van der Waals surface area contributed by atoms with Crippen LogP contribution in [0.1, 0.15) is 41.3 Å². The summed E-state index contributed by atoms with van der Waals surface area (Å²) in [5.41, 5.74) is 5.09. The summed E-state index contributed by atoms with van der Waals surface area (Å²) in [5.74, 6) is -2.11. The molecule has 1 aromatic heterocycles. The Morgan fingerprint density at radius 2 is 1.57 bits per heavy atom. The van der Waals surface area contributed by atoms with Gasteiger partial charge in [0, 0.05) is 35.3 Å². The summed E-state index contributed by atoms with van der Waals surface area (Å²) in [6, 6.07) is 22.9. The first-order valence-electron chi connectivity index (χ1n) is 14.8. The van der Waals surface area contributed by atoms with Crippen LogP contribution < -0.4 is 20.0 Å². The third kappa shape index (κ3) is 5.26. The highest BCUT2D eigenvalue weighted by Crippen LogP contribution is 2.54. The number of rotatable bonds is 8. The Morgan fingerprint density at radius 1 is 0.886 bits per heavy atom. The fourth-order valence-electron chi connectivity index (χ4n) is 6.09. The van der Waals surface area contributed by atoms with E-state index in [1.165, 1.54) is 21.2 Å². The van der Waals surface area contributed by atoms with Crippen LogP contribution in [0.2, 0.25) is 0 Å². The van der Waals surface area contributed by atoms with Gasteiger partial charge in [0.2, 0.25) is 17.7 Å². The van der Waals surface area contributed by atoms with Crippen LogP contribution in [0.5, 0.6) is 0 Å². The number of benzene rings is 3. The number of nitrogens with one attached hydrogen (secondary N) is 1. The molecule has 0 spiro atoms. The van der Waals surface area contributed by atoms with E-state index in [1.807, 2.05) is 74.5 Å². The van der Waals surface area contributed by atoms with Gasteiger partial charge in [0.25, 0.3) is 0 Å². The minimum absolute atomic E-state index is 0.194. The van der Waals surface area contributed by atoms with Gasteiger partial charge in [-0.15, -0.1) is 0 Å². The fraction of sp³-hybridized carbons (Fsp3) is 0.294. The number of thioether (sulfide) groups is 1. The first-order chi connectivity index (χ1) is 21.2. The lowest BCUT2D eigenvalue weighted by Crippen LogP contribution is -2.33. The van der Waals surface area contributed by atoms with Gasteiger partial charge in [-0.05, 0) is 69.2 Å². The quantitative estimate of drug-likeness (QED) is 0.249. The van der Waals surface area contributed by atoms with E-state index in [4.69, 9.17) is 0 Å². The van der Waals surface area contributed by atoms with E-state index < -0.39 is 17.1 Å². The number of amides is 3. The molecule has 3 amide bonds. The van der Waals surface area contributed by atoms with Crippen LogP contribution in [-0.2, 0) is 20.9 Å². The second-order valence-corrected chi connectivity index (χ2v) is 13.3. The van der Waals surface area contributed by atoms with Crippen molar-refractivity contribution in [2.24, 2.45) is 5.92 Å². The third-order valence-corrected chi connectivity index (χ3v) is 11.0. The van der Waals surface area contributed by atoms with E-state index in [2.05, 4.69) is 24.1 Å². The lowest BCUT2D eigenvalue weighted by molar-refractivity contribution is -0.122. The van der Waals surface area contributed by atoms with Gasteiger partial charge < -0.3 is 10.2 Å². The van der Waals surface area contributed by atoms with Gasteiger partial charge >= 0.3 is 4.87 Å². The molecule has 10 heteroatoms. The number of anilines is 3. The molecule has 0 bridgehead atoms. The molecule has 0 radical (unpaired) electrons. The average molecular weight is 627 g/mol. The molecular formula is C34H34N4O4S2. The lowest BCUT2D eigenvalue weighted by atomic mass is 9.83. The van der Waals surface area contributed by atoms with E-state index in [-0.39, 0.29) is 29.1 Å². The Kier molecular flexibility index (Phi) is 8.22. The maximum Gasteiger partial charge on any atom is 0.308 e. The Morgan fingerprint density at radius 3 is 2.23 bits per heavy atom. The number of hydrogen-bond donors (Lipinski definition) is 1. The van der Waals surface area contributed by atoms with Crippen molar-refractivity contribution in [1.82, 2.24) is 4.57 Å². The molecule has 6 rings (SSSR count). The van der Waals surface area contributed by atoms with Gasteiger partial charge in [-0.1, -0.05) is 71.1 Å². The van der Waals surface area contributed by atoms with E-state index >= 15 is 0 Å². The van der Waals surface area contributed by atoms with Gasteiger partial charge in [-0.25, -0.2) is 4.90 Å². The standard InChI is InChI=1S/C34H34N4O4S2/c1-5-36(6-2)23-17-13-22(14-18-23)27-28-29(32(41)38(31(28)40)24-15-11-20(3)12-16-24)43-33-30(27)44-34(42)37(33)19-26(39)35-25-10-8-7-9-21(25)4/h7-18,27-29H,5-6,19H2,1-4H3,(H,35,39)/t27-,28-,29+/m0/s1. The van der Waals surface area contributed by atoms with Gasteiger partial charge in [-0.2, -0.15) is 0 Å². The topological polar surface area (TPSA) is 91.7 Å². The zero-order chi connectivity index (χ0) is 31.1. The maximum absolute atomic E-state index is 14.1. The highest BCUT2D eigenvalue weighted by Gasteiger charge is 2.56. The van der Waals surface area contributed by atoms with Gasteiger partial charge in [0.15, 0.2) is 0 Å². The first-order valence-corrected chi connectivity index (χ1v) is 16.5. The number of hydrogen-bond acceptors (Lipinski definition) is 7. The first kappa shape index (κ1) is 29.9. The number of nitrogens with zero attached hydrogens (tertiary/aromatic N) is 3. The summed E-state index contributed by atoms with van der Waals surface area (Å²) >= 11 is 2.28. The van der Waals surface area contributed by atoms with Crippen molar-refractivity contribution in [2.75, 3.05) is 28.2 Å². The van der Waals surface area contributed by atoms with Crippen LogP contribution in [0.3, 0.4) is 0 Å². The van der Waals surface area contributed by atoms with Crippen molar-refractivity contribution in [3.05, 3.63) is 104 Å². The van der Waals surface area contributed by atoms with Crippen molar-refractivity contribution in [3.63, 3.8) is 0 Å². The molecule has 2 aliphatic rings. The summed E-state index contributed by atoms with van der Waals surface area (Å²) in [7, 11) is 0. The molecular weight excluding hydrogens is 593 g/mol. The normalized spacial score (nSPS) is 19.1. The Hall–Kier alpha value is -4.15. The zero-order valence-corrected chi connectivity index (χ0v) is 26.7. The van der Waals surface area contributed by atoms with Crippen molar-refractivity contribution in [1.29, 1.82) is 0 Å². The minimum Gasteiger partial charge on any atom is -0.372 e. The van der Waals surface area contributed by atoms with Crippen LogP contribution in [0.25, 0.3) is 0 Å². The second kappa shape index (κ2) is 12.1. The highest BCUT2D eigenvalue weighted by molar-refractivity contribution is 8.00. The van der Waals surface area contributed by atoms with Crippen molar-refractivity contribution in [3.8, 4) is 0 Å². The largest absolute Gasteiger partial charge is 0.372 e. The number of aryl methyl sites for hydroxylation is 2. The lowest BCUT2D eigenvalue weighted by Gasteiger charge is -2.31. The highest BCUT2D eigenvalue weighted by atomic mass is 32.2. The van der Waals surface area contributed by atoms with Gasteiger partial charge in [0.05, 0.1) is 16.6 Å². The van der Waals surface area contributed by atoms with Crippen molar-refractivity contribution < 1.29 is 14.4 Å². The zero-order valence-electron chi connectivity index (χ0n) is 25.1. The van der Waals surface area contributed by atoms with E-state index in [0.717, 1.165) is 46.8 Å². The summed E-state index contributed by atoms with van der Waals surface area (Å²) in [4.78, 5) is 58.7. The summed E-state index contributed by atoms with van der Waals surface area (Å²) in [6.45, 7) is 9.59. The van der Waals surface area contributed by atoms with Crippen LogP contribution >= 0.6 is 23.1 Å². The number of para-hydroxylation sites is 1. The van der Waals surface area contributed by atoms with Gasteiger partial charge in [-0.3, -0.25) is 23.7 Å². The molecule has 3 heterocycles. The number of thiazole rings is 1. The maximum atomic E-state index is 14.1.